The topological polar surface area (TPSA) is 64.7 Å². The zero-order chi connectivity index (χ0) is 12.4. The van der Waals surface area contributed by atoms with Gasteiger partial charge in [0.05, 0.1) is 0 Å². The number of pyridine rings is 1. The summed E-state index contributed by atoms with van der Waals surface area (Å²) in [5.74, 6) is 1.21. The van der Waals surface area contributed by atoms with Gasteiger partial charge in [-0.2, -0.15) is 0 Å². The highest BCUT2D eigenvalue weighted by molar-refractivity contribution is 5.57. The molecule has 2 N–H and O–H groups in total. The number of nitrogens with two attached hydrogens (primary N) is 1. The van der Waals surface area contributed by atoms with E-state index in [2.05, 4.69) is 21.9 Å². The Bertz CT molecular complexity index is 509. The lowest BCUT2D eigenvalue weighted by molar-refractivity contribution is 1.01. The maximum absolute atomic E-state index is 5.93. The van der Waals surface area contributed by atoms with Crippen molar-refractivity contribution in [2.24, 2.45) is 0 Å². The van der Waals surface area contributed by atoms with Gasteiger partial charge in [-0.05, 0) is 32.4 Å². The van der Waals surface area contributed by atoms with Crippen LogP contribution in [0.2, 0.25) is 0 Å². The average molecular weight is 228 g/mol. The maximum atomic E-state index is 5.93. The van der Waals surface area contributed by atoms with Crippen LogP contribution in [0.15, 0.2) is 18.3 Å². The van der Waals surface area contributed by atoms with Crippen molar-refractivity contribution in [3.05, 3.63) is 35.3 Å². The van der Waals surface area contributed by atoms with E-state index >= 15 is 0 Å². The quantitative estimate of drug-likeness (QED) is 0.856. The Kier molecular flexibility index (Phi) is 3.04. The van der Waals surface area contributed by atoms with Gasteiger partial charge in [0.1, 0.15) is 5.82 Å². The summed E-state index contributed by atoms with van der Waals surface area (Å²) in [5.41, 5.74) is 9.76. The summed E-state index contributed by atoms with van der Waals surface area (Å²) in [6, 6.07) is 3.90. The van der Waals surface area contributed by atoms with E-state index in [0.29, 0.717) is 11.6 Å². The lowest BCUT2D eigenvalue weighted by Gasteiger charge is -2.08. The van der Waals surface area contributed by atoms with Crippen LogP contribution in [-0.2, 0) is 6.42 Å². The molecule has 2 rings (SSSR count). The van der Waals surface area contributed by atoms with Crippen molar-refractivity contribution < 1.29 is 0 Å². The van der Waals surface area contributed by atoms with Crippen LogP contribution in [0.1, 0.15) is 23.9 Å². The van der Waals surface area contributed by atoms with Gasteiger partial charge in [0.2, 0.25) is 0 Å². The summed E-state index contributed by atoms with van der Waals surface area (Å²) in [5, 5.41) is 0. The molecule has 0 aliphatic heterocycles. The van der Waals surface area contributed by atoms with E-state index in [4.69, 9.17) is 5.73 Å². The Morgan fingerprint density at radius 1 is 1.18 bits per heavy atom. The number of hydrogen-bond acceptors (Lipinski definition) is 4. The lowest BCUT2D eigenvalue weighted by Crippen LogP contribution is -2.04. The molecule has 4 heteroatoms. The highest BCUT2D eigenvalue weighted by atomic mass is 15.0. The number of anilines is 1. The van der Waals surface area contributed by atoms with Crippen LogP contribution in [0.25, 0.3) is 11.4 Å². The Morgan fingerprint density at radius 3 is 2.47 bits per heavy atom. The van der Waals surface area contributed by atoms with Crippen LogP contribution in [0, 0.1) is 13.8 Å². The smallest absolute Gasteiger partial charge is 0.163 e. The van der Waals surface area contributed by atoms with Gasteiger partial charge in [0.25, 0.3) is 0 Å². The Balaban J connectivity index is 2.50. The number of hydrogen-bond donors (Lipinski definition) is 1. The largest absolute Gasteiger partial charge is 0.383 e. The first-order valence-corrected chi connectivity index (χ1v) is 5.67. The highest BCUT2D eigenvalue weighted by Gasteiger charge is 2.09. The number of aryl methyl sites for hydroxylation is 2. The van der Waals surface area contributed by atoms with Crippen LogP contribution in [0.4, 0.5) is 5.82 Å². The molecule has 0 bridgehead atoms. The average Bonchev–Trinajstić information content (AvgIpc) is 2.29. The maximum Gasteiger partial charge on any atom is 0.163 e. The Morgan fingerprint density at radius 2 is 1.94 bits per heavy atom. The van der Waals surface area contributed by atoms with E-state index in [-0.39, 0.29) is 0 Å². The van der Waals surface area contributed by atoms with Gasteiger partial charge < -0.3 is 5.73 Å². The summed E-state index contributed by atoms with van der Waals surface area (Å²) in [6.07, 6.45) is 2.62. The van der Waals surface area contributed by atoms with Gasteiger partial charge in [-0.3, -0.25) is 4.98 Å². The third-order valence-corrected chi connectivity index (χ3v) is 2.77. The molecule has 0 fully saturated rings. The molecule has 17 heavy (non-hydrogen) atoms. The second-order valence-electron chi connectivity index (χ2n) is 4.04. The molecule has 0 aliphatic carbocycles. The normalized spacial score (nSPS) is 10.5. The van der Waals surface area contributed by atoms with Crippen molar-refractivity contribution >= 4 is 5.82 Å². The number of nitrogens with zero attached hydrogens (tertiary/aromatic N) is 3. The second kappa shape index (κ2) is 4.49. The van der Waals surface area contributed by atoms with Gasteiger partial charge in [-0.15, -0.1) is 0 Å². The van der Waals surface area contributed by atoms with E-state index in [1.807, 2.05) is 26.0 Å². The number of aromatic nitrogens is 3. The van der Waals surface area contributed by atoms with Crippen LogP contribution in [0.5, 0.6) is 0 Å². The third kappa shape index (κ3) is 2.25. The molecule has 2 aromatic rings. The molecule has 0 radical (unpaired) electrons. The summed E-state index contributed by atoms with van der Waals surface area (Å²) in [7, 11) is 0. The van der Waals surface area contributed by atoms with Crippen molar-refractivity contribution in [2.75, 3.05) is 5.73 Å². The first-order valence-electron chi connectivity index (χ1n) is 5.67. The fraction of sp³-hybridized carbons (Fsp3) is 0.308. The molecular formula is C13H16N4. The predicted octanol–water partition coefficient (Wildman–Crippen LogP) is 2.30. The van der Waals surface area contributed by atoms with Crippen LogP contribution in [-0.4, -0.2) is 15.0 Å². The van der Waals surface area contributed by atoms with E-state index in [1.54, 1.807) is 6.20 Å². The Labute approximate surface area is 101 Å². The monoisotopic (exact) mass is 228 g/mol. The molecule has 0 atom stereocenters. The van der Waals surface area contributed by atoms with Gasteiger partial charge in [-0.1, -0.05) is 6.92 Å². The van der Waals surface area contributed by atoms with Crippen molar-refractivity contribution in [1.29, 1.82) is 0 Å². The van der Waals surface area contributed by atoms with Crippen molar-refractivity contribution in [3.63, 3.8) is 0 Å². The molecular weight excluding hydrogens is 212 g/mol. The van der Waals surface area contributed by atoms with Crippen LogP contribution < -0.4 is 5.73 Å². The minimum Gasteiger partial charge on any atom is -0.383 e. The molecule has 0 unspecified atom stereocenters. The standard InChI is InChI=1S/C13H16N4/c1-4-11-9(3)16-13(17-12(11)14)10-6-5-8(2)15-7-10/h5-7H,4H2,1-3H3,(H2,14,16,17). The first-order chi connectivity index (χ1) is 8.11. The molecule has 0 aromatic carbocycles. The summed E-state index contributed by atoms with van der Waals surface area (Å²) in [4.78, 5) is 13.0. The highest BCUT2D eigenvalue weighted by Crippen LogP contribution is 2.20. The minimum absolute atomic E-state index is 0.565. The van der Waals surface area contributed by atoms with Gasteiger partial charge in [0, 0.05) is 28.7 Å². The molecule has 88 valence electrons. The summed E-state index contributed by atoms with van der Waals surface area (Å²) in [6.45, 7) is 5.96. The molecule has 0 aliphatic rings. The van der Waals surface area contributed by atoms with E-state index in [0.717, 1.165) is 28.9 Å². The minimum atomic E-state index is 0.565. The fourth-order valence-electron chi connectivity index (χ4n) is 1.78. The third-order valence-electron chi connectivity index (χ3n) is 2.77. The molecule has 2 aromatic heterocycles. The van der Waals surface area contributed by atoms with E-state index in [9.17, 15) is 0 Å². The van der Waals surface area contributed by atoms with Crippen molar-refractivity contribution in [3.8, 4) is 11.4 Å². The molecule has 0 saturated carbocycles. The summed E-state index contributed by atoms with van der Waals surface area (Å²) >= 11 is 0. The van der Waals surface area contributed by atoms with Crippen LogP contribution in [0.3, 0.4) is 0 Å². The zero-order valence-electron chi connectivity index (χ0n) is 10.4. The predicted molar refractivity (Wildman–Crippen MR) is 68.5 cm³/mol. The van der Waals surface area contributed by atoms with Gasteiger partial charge in [-0.25, -0.2) is 9.97 Å². The summed E-state index contributed by atoms with van der Waals surface area (Å²) < 4.78 is 0. The lowest BCUT2D eigenvalue weighted by atomic mass is 10.1. The van der Waals surface area contributed by atoms with Gasteiger partial charge in [0.15, 0.2) is 5.82 Å². The molecule has 0 saturated heterocycles. The van der Waals surface area contributed by atoms with Gasteiger partial charge >= 0.3 is 0 Å². The van der Waals surface area contributed by atoms with Crippen molar-refractivity contribution in [2.45, 2.75) is 27.2 Å². The molecule has 4 nitrogen and oxygen atoms in total. The fourth-order valence-corrected chi connectivity index (χ4v) is 1.78. The molecule has 0 spiro atoms. The SMILES string of the molecule is CCc1c(C)nc(-c2ccc(C)nc2)nc1N. The van der Waals surface area contributed by atoms with Crippen LogP contribution >= 0.6 is 0 Å². The Hall–Kier alpha value is -1.97. The molecule has 0 amide bonds. The molecule has 2 heterocycles. The van der Waals surface area contributed by atoms with Crippen molar-refractivity contribution in [1.82, 2.24) is 15.0 Å². The second-order valence-corrected chi connectivity index (χ2v) is 4.04. The van der Waals surface area contributed by atoms with E-state index in [1.165, 1.54) is 0 Å². The first kappa shape index (κ1) is 11.5. The number of nitrogen functional groups attached to an aromatic ring is 1. The zero-order valence-corrected chi connectivity index (χ0v) is 10.4. The van der Waals surface area contributed by atoms with E-state index < -0.39 is 0 Å². The number of rotatable bonds is 2.